The molecule has 5 heteroatoms. The van der Waals surface area contributed by atoms with Gasteiger partial charge >= 0.3 is 0 Å². The molecule has 108 valence electrons. The number of anilines is 1. The summed E-state index contributed by atoms with van der Waals surface area (Å²) in [5, 5.41) is 8.90. The molecule has 0 bridgehead atoms. The number of halogens is 2. The molecule has 1 aromatic carbocycles. The third-order valence-corrected chi connectivity index (χ3v) is 4.54. The molecular formula is C15H19BrFN3. The molecule has 0 spiro atoms. The van der Waals surface area contributed by atoms with Crippen LogP contribution in [-0.2, 0) is 0 Å². The van der Waals surface area contributed by atoms with Gasteiger partial charge in [-0.25, -0.2) is 4.39 Å². The molecule has 2 rings (SSSR count). The monoisotopic (exact) mass is 339 g/mol. The summed E-state index contributed by atoms with van der Waals surface area (Å²) >= 11 is 3.17. The average molecular weight is 340 g/mol. The molecule has 0 amide bonds. The fraction of sp³-hybridized carbons (Fsp3) is 0.533. The Labute approximate surface area is 128 Å². The molecule has 1 aliphatic heterocycles. The highest BCUT2D eigenvalue weighted by atomic mass is 79.9. The summed E-state index contributed by atoms with van der Waals surface area (Å²) in [6, 6.07) is 5.37. The van der Waals surface area contributed by atoms with Crippen molar-refractivity contribution in [3.05, 3.63) is 28.0 Å². The standard InChI is InChI=1S/C15H19BrFN3/c1-19(2)10-11-5-7-20(8-6-11)13-4-3-12(9-18)14(16)15(13)17/h3-4,11H,5-8,10H2,1-2H3. The first kappa shape index (κ1) is 15.3. The van der Waals surface area contributed by atoms with Gasteiger partial charge in [-0.2, -0.15) is 5.26 Å². The zero-order valence-corrected chi connectivity index (χ0v) is 13.5. The van der Waals surface area contributed by atoms with Crippen molar-refractivity contribution in [2.75, 3.05) is 38.6 Å². The molecule has 20 heavy (non-hydrogen) atoms. The van der Waals surface area contributed by atoms with Crippen LogP contribution in [0.15, 0.2) is 16.6 Å². The number of nitriles is 1. The van der Waals surface area contributed by atoms with Crippen molar-refractivity contribution >= 4 is 21.6 Å². The van der Waals surface area contributed by atoms with E-state index in [2.05, 4.69) is 39.8 Å². The highest BCUT2D eigenvalue weighted by molar-refractivity contribution is 9.10. The lowest BCUT2D eigenvalue weighted by Crippen LogP contribution is -2.37. The Kier molecular flexibility index (Phi) is 5.00. The summed E-state index contributed by atoms with van der Waals surface area (Å²) in [6.45, 7) is 2.83. The van der Waals surface area contributed by atoms with Crippen LogP contribution >= 0.6 is 15.9 Å². The quantitative estimate of drug-likeness (QED) is 0.846. The number of hydrogen-bond donors (Lipinski definition) is 0. The zero-order valence-electron chi connectivity index (χ0n) is 11.9. The molecular weight excluding hydrogens is 321 g/mol. The summed E-state index contributed by atoms with van der Waals surface area (Å²) in [6.07, 6.45) is 2.16. The van der Waals surface area contributed by atoms with Crippen LogP contribution in [0, 0.1) is 23.1 Å². The highest BCUT2D eigenvalue weighted by Gasteiger charge is 2.23. The van der Waals surface area contributed by atoms with E-state index in [1.54, 1.807) is 12.1 Å². The van der Waals surface area contributed by atoms with Gasteiger partial charge in [0.15, 0.2) is 5.82 Å². The molecule has 1 saturated heterocycles. The predicted molar refractivity (Wildman–Crippen MR) is 82.3 cm³/mol. The molecule has 0 radical (unpaired) electrons. The number of nitrogens with zero attached hydrogens (tertiary/aromatic N) is 3. The Balaban J connectivity index is 2.08. The number of benzene rings is 1. The highest BCUT2D eigenvalue weighted by Crippen LogP contribution is 2.31. The predicted octanol–water partition coefficient (Wildman–Crippen LogP) is 3.24. The minimum absolute atomic E-state index is 0.271. The normalized spacial score (nSPS) is 16.5. The minimum atomic E-state index is -0.324. The second kappa shape index (κ2) is 6.55. The topological polar surface area (TPSA) is 30.3 Å². The molecule has 1 fully saturated rings. The maximum Gasteiger partial charge on any atom is 0.161 e. The van der Waals surface area contributed by atoms with Crippen LogP contribution in [0.3, 0.4) is 0 Å². The van der Waals surface area contributed by atoms with Crippen molar-refractivity contribution in [3.63, 3.8) is 0 Å². The molecule has 0 saturated carbocycles. The Morgan fingerprint density at radius 2 is 2.05 bits per heavy atom. The third kappa shape index (κ3) is 3.31. The van der Waals surface area contributed by atoms with E-state index >= 15 is 0 Å². The van der Waals surface area contributed by atoms with Gasteiger partial charge in [0.2, 0.25) is 0 Å². The molecule has 0 unspecified atom stereocenters. The summed E-state index contributed by atoms with van der Waals surface area (Å²) in [5.41, 5.74) is 0.938. The fourth-order valence-corrected chi connectivity index (χ4v) is 3.17. The number of hydrogen-bond acceptors (Lipinski definition) is 3. The molecule has 1 aliphatic rings. The summed E-state index contributed by atoms with van der Waals surface area (Å²) in [7, 11) is 4.17. The van der Waals surface area contributed by atoms with Crippen LogP contribution in [-0.4, -0.2) is 38.6 Å². The van der Waals surface area contributed by atoms with Gasteiger partial charge < -0.3 is 9.80 Å². The van der Waals surface area contributed by atoms with Gasteiger partial charge in [0.05, 0.1) is 15.7 Å². The Bertz CT molecular complexity index is 517. The van der Waals surface area contributed by atoms with E-state index in [0.29, 0.717) is 17.2 Å². The van der Waals surface area contributed by atoms with E-state index in [-0.39, 0.29) is 10.3 Å². The SMILES string of the molecule is CN(C)CC1CCN(c2ccc(C#N)c(Br)c2F)CC1. The van der Waals surface area contributed by atoms with E-state index in [4.69, 9.17) is 5.26 Å². The van der Waals surface area contributed by atoms with E-state index in [0.717, 1.165) is 32.5 Å². The molecule has 1 heterocycles. The summed E-state index contributed by atoms with van der Waals surface area (Å²) in [4.78, 5) is 4.28. The van der Waals surface area contributed by atoms with Crippen LogP contribution in [0.5, 0.6) is 0 Å². The molecule has 1 aromatic rings. The lowest BCUT2D eigenvalue weighted by molar-refractivity contribution is 0.284. The van der Waals surface area contributed by atoms with Crippen molar-refractivity contribution in [3.8, 4) is 6.07 Å². The molecule has 0 N–H and O–H groups in total. The maximum atomic E-state index is 14.3. The van der Waals surface area contributed by atoms with Crippen LogP contribution in [0.1, 0.15) is 18.4 Å². The van der Waals surface area contributed by atoms with Crippen molar-refractivity contribution in [1.29, 1.82) is 5.26 Å². The van der Waals surface area contributed by atoms with Crippen molar-refractivity contribution < 1.29 is 4.39 Å². The van der Waals surface area contributed by atoms with Crippen LogP contribution in [0.2, 0.25) is 0 Å². The molecule has 0 aliphatic carbocycles. The first-order chi connectivity index (χ1) is 9.52. The largest absolute Gasteiger partial charge is 0.369 e. The van der Waals surface area contributed by atoms with Gasteiger partial charge in [0, 0.05) is 19.6 Å². The van der Waals surface area contributed by atoms with Crippen molar-refractivity contribution in [2.45, 2.75) is 12.8 Å². The average Bonchev–Trinajstić information content (AvgIpc) is 2.42. The van der Waals surface area contributed by atoms with Crippen molar-refractivity contribution in [2.24, 2.45) is 5.92 Å². The van der Waals surface area contributed by atoms with Gasteiger partial charge in [-0.1, -0.05) is 0 Å². The first-order valence-corrected chi connectivity index (χ1v) is 7.60. The lowest BCUT2D eigenvalue weighted by Gasteiger charge is -2.35. The molecule has 0 aromatic heterocycles. The van der Waals surface area contributed by atoms with Gasteiger partial charge in [0.25, 0.3) is 0 Å². The molecule has 3 nitrogen and oxygen atoms in total. The van der Waals surface area contributed by atoms with E-state index in [1.807, 2.05) is 6.07 Å². The fourth-order valence-electron chi connectivity index (χ4n) is 2.74. The number of piperidine rings is 1. The smallest absolute Gasteiger partial charge is 0.161 e. The summed E-state index contributed by atoms with van der Waals surface area (Å²) < 4.78 is 14.6. The van der Waals surface area contributed by atoms with Gasteiger partial charge in [-0.3, -0.25) is 0 Å². The Morgan fingerprint density at radius 3 is 2.60 bits per heavy atom. The van der Waals surface area contributed by atoms with Crippen molar-refractivity contribution in [1.82, 2.24) is 4.90 Å². The third-order valence-electron chi connectivity index (χ3n) is 3.76. The van der Waals surface area contributed by atoms with E-state index < -0.39 is 0 Å². The second-order valence-corrected chi connectivity index (χ2v) is 6.36. The van der Waals surface area contributed by atoms with Crippen LogP contribution in [0.4, 0.5) is 10.1 Å². The van der Waals surface area contributed by atoms with Gasteiger partial charge in [-0.15, -0.1) is 0 Å². The van der Waals surface area contributed by atoms with Crippen LogP contribution in [0.25, 0.3) is 0 Å². The van der Waals surface area contributed by atoms with Crippen LogP contribution < -0.4 is 4.90 Å². The maximum absolute atomic E-state index is 14.3. The Hall–Kier alpha value is -1.12. The Morgan fingerprint density at radius 1 is 1.40 bits per heavy atom. The van der Waals surface area contributed by atoms with E-state index in [9.17, 15) is 4.39 Å². The minimum Gasteiger partial charge on any atom is -0.369 e. The summed E-state index contributed by atoms with van der Waals surface area (Å²) in [5.74, 6) is 0.362. The number of rotatable bonds is 3. The second-order valence-electron chi connectivity index (χ2n) is 5.56. The first-order valence-electron chi connectivity index (χ1n) is 6.80. The molecule has 0 atom stereocenters. The van der Waals surface area contributed by atoms with Gasteiger partial charge in [0.1, 0.15) is 6.07 Å². The van der Waals surface area contributed by atoms with Gasteiger partial charge in [-0.05, 0) is 60.9 Å². The lowest BCUT2D eigenvalue weighted by atomic mass is 9.96. The zero-order chi connectivity index (χ0) is 14.7. The van der Waals surface area contributed by atoms with E-state index in [1.165, 1.54) is 0 Å².